The van der Waals surface area contributed by atoms with Crippen molar-refractivity contribution in [2.45, 2.75) is 58.1 Å². The quantitative estimate of drug-likeness (QED) is 0.508. The lowest BCUT2D eigenvalue weighted by atomic mass is 10.1. The lowest BCUT2D eigenvalue weighted by Gasteiger charge is -2.41. The molecule has 4 heterocycles. The Labute approximate surface area is 210 Å². The third-order valence-electron chi connectivity index (χ3n) is 6.90. The van der Waals surface area contributed by atoms with E-state index in [9.17, 15) is 9.59 Å². The van der Waals surface area contributed by atoms with Gasteiger partial charge in [0, 0.05) is 38.9 Å². The number of methoxy groups -OCH3 is 1. The number of hydrogen-bond acceptors (Lipinski definition) is 7. The zero-order valence-electron chi connectivity index (χ0n) is 21.8. The SMILES string of the molecule is COC(=O)c1ccc(-n2cc(C3CC3)c3c(N4CCN(C(=O)OC(C)(C)C)CC4C)ncnc32)n1C. The Morgan fingerprint density at radius 3 is 2.50 bits per heavy atom. The number of nitrogens with zero attached hydrogens (tertiary/aromatic N) is 6. The van der Waals surface area contributed by atoms with Gasteiger partial charge in [0.05, 0.1) is 12.5 Å². The molecule has 2 fully saturated rings. The van der Waals surface area contributed by atoms with Crippen LogP contribution in [0.4, 0.5) is 10.6 Å². The number of piperazine rings is 1. The first-order valence-electron chi connectivity index (χ1n) is 12.4. The molecule has 0 aromatic carbocycles. The van der Waals surface area contributed by atoms with Crippen LogP contribution >= 0.6 is 0 Å². The number of anilines is 1. The standard InChI is InChI=1S/C26H34N6O4/c1-16-13-30(25(34)36-26(2,3)4)11-12-31(16)22-21-18(17-7-8-17)14-32(23(21)28-15-27-22)20-10-9-19(29(20)5)24(33)35-6/h9-10,14-17H,7-8,11-13H2,1-6H3. The van der Waals surface area contributed by atoms with Crippen molar-refractivity contribution in [3.05, 3.63) is 35.9 Å². The second kappa shape index (κ2) is 8.83. The molecule has 1 aliphatic carbocycles. The number of fused-ring (bicyclic) bond motifs is 1. The van der Waals surface area contributed by atoms with Gasteiger partial charge < -0.3 is 23.8 Å². The summed E-state index contributed by atoms with van der Waals surface area (Å²) in [6.45, 7) is 9.52. The van der Waals surface area contributed by atoms with Crippen molar-refractivity contribution >= 4 is 28.9 Å². The van der Waals surface area contributed by atoms with Crippen molar-refractivity contribution in [3.8, 4) is 5.82 Å². The first-order valence-corrected chi connectivity index (χ1v) is 12.4. The maximum Gasteiger partial charge on any atom is 0.410 e. The molecule has 36 heavy (non-hydrogen) atoms. The molecule has 2 aliphatic rings. The summed E-state index contributed by atoms with van der Waals surface area (Å²) >= 11 is 0. The van der Waals surface area contributed by atoms with Crippen LogP contribution in [0.25, 0.3) is 16.9 Å². The van der Waals surface area contributed by atoms with E-state index in [0.29, 0.717) is 31.2 Å². The van der Waals surface area contributed by atoms with Gasteiger partial charge in [-0.05, 0) is 64.2 Å². The minimum absolute atomic E-state index is 0.0562. The first-order chi connectivity index (χ1) is 17.1. The Morgan fingerprint density at radius 2 is 1.86 bits per heavy atom. The molecule has 3 aromatic rings. The minimum Gasteiger partial charge on any atom is -0.464 e. The molecule has 10 heteroatoms. The van der Waals surface area contributed by atoms with Crippen molar-refractivity contribution in [3.63, 3.8) is 0 Å². The van der Waals surface area contributed by atoms with Crippen LogP contribution in [-0.4, -0.2) is 74.5 Å². The molecule has 0 N–H and O–H groups in total. The molecule has 1 saturated carbocycles. The molecule has 10 nitrogen and oxygen atoms in total. The smallest absolute Gasteiger partial charge is 0.410 e. The third-order valence-corrected chi connectivity index (χ3v) is 6.90. The highest BCUT2D eigenvalue weighted by Gasteiger charge is 2.35. The largest absolute Gasteiger partial charge is 0.464 e. The van der Waals surface area contributed by atoms with Gasteiger partial charge in [-0.1, -0.05) is 0 Å². The minimum atomic E-state index is -0.525. The first kappa shape index (κ1) is 24.1. The highest BCUT2D eigenvalue weighted by molar-refractivity contribution is 5.94. The van der Waals surface area contributed by atoms with E-state index in [-0.39, 0.29) is 18.1 Å². The molecule has 1 saturated heterocycles. The highest BCUT2D eigenvalue weighted by Crippen LogP contribution is 2.46. The lowest BCUT2D eigenvalue weighted by Crippen LogP contribution is -2.54. The van der Waals surface area contributed by atoms with Crippen LogP contribution in [0.3, 0.4) is 0 Å². The van der Waals surface area contributed by atoms with Crippen molar-refractivity contribution in [2.24, 2.45) is 7.05 Å². The predicted molar refractivity (Wildman–Crippen MR) is 136 cm³/mol. The second-order valence-corrected chi connectivity index (χ2v) is 10.7. The molecular weight excluding hydrogens is 460 g/mol. The Morgan fingerprint density at radius 1 is 1.11 bits per heavy atom. The van der Waals surface area contributed by atoms with Gasteiger partial charge in [-0.3, -0.25) is 4.57 Å². The number of rotatable bonds is 4. The fourth-order valence-corrected chi connectivity index (χ4v) is 4.99. The Hall–Kier alpha value is -3.56. The number of esters is 1. The molecule has 1 amide bonds. The number of aromatic nitrogens is 4. The molecule has 0 radical (unpaired) electrons. The van der Waals surface area contributed by atoms with Gasteiger partial charge in [-0.15, -0.1) is 0 Å². The Bertz CT molecular complexity index is 1320. The average Bonchev–Trinajstić information content (AvgIpc) is 3.50. The van der Waals surface area contributed by atoms with Gasteiger partial charge in [0.1, 0.15) is 29.3 Å². The van der Waals surface area contributed by atoms with Crippen LogP contribution in [0.5, 0.6) is 0 Å². The topological polar surface area (TPSA) is 94.7 Å². The summed E-state index contributed by atoms with van der Waals surface area (Å²) in [6, 6.07) is 3.73. The normalized spacial score (nSPS) is 18.6. The van der Waals surface area contributed by atoms with E-state index < -0.39 is 5.60 Å². The van der Waals surface area contributed by atoms with Crippen molar-refractivity contribution < 1.29 is 19.1 Å². The summed E-state index contributed by atoms with van der Waals surface area (Å²) in [5.41, 5.74) is 1.98. The van der Waals surface area contributed by atoms with Crippen LogP contribution in [0.15, 0.2) is 24.7 Å². The van der Waals surface area contributed by atoms with Crippen LogP contribution in [-0.2, 0) is 16.5 Å². The molecule has 5 rings (SSSR count). The summed E-state index contributed by atoms with van der Waals surface area (Å²) in [5, 5.41) is 1.04. The van der Waals surface area contributed by atoms with E-state index in [2.05, 4.69) is 23.0 Å². The van der Waals surface area contributed by atoms with Crippen molar-refractivity contribution in [1.29, 1.82) is 0 Å². The summed E-state index contributed by atoms with van der Waals surface area (Å²) in [6.07, 6.45) is 5.73. The Kier molecular flexibility index (Phi) is 5.92. The molecule has 3 aromatic heterocycles. The van der Waals surface area contributed by atoms with E-state index in [1.165, 1.54) is 12.7 Å². The maximum atomic E-state index is 12.7. The molecule has 1 atom stereocenters. The van der Waals surface area contributed by atoms with Gasteiger partial charge in [0.15, 0.2) is 5.65 Å². The Balaban J connectivity index is 1.51. The fraction of sp³-hybridized carbons (Fsp3) is 0.538. The monoisotopic (exact) mass is 494 g/mol. The summed E-state index contributed by atoms with van der Waals surface area (Å²) < 4.78 is 14.4. The van der Waals surface area contributed by atoms with Gasteiger partial charge >= 0.3 is 12.1 Å². The van der Waals surface area contributed by atoms with E-state index in [0.717, 1.165) is 35.5 Å². The molecule has 1 aliphatic heterocycles. The van der Waals surface area contributed by atoms with Gasteiger partial charge in [-0.2, -0.15) is 0 Å². The lowest BCUT2D eigenvalue weighted by molar-refractivity contribution is 0.0218. The number of hydrogen-bond donors (Lipinski definition) is 0. The molecule has 1 unspecified atom stereocenters. The zero-order chi connectivity index (χ0) is 25.8. The summed E-state index contributed by atoms with van der Waals surface area (Å²) in [7, 11) is 3.23. The van der Waals surface area contributed by atoms with Crippen molar-refractivity contribution in [2.75, 3.05) is 31.6 Å². The number of carbonyl (C=O) groups excluding carboxylic acids is 2. The van der Waals surface area contributed by atoms with Gasteiger partial charge in [0.2, 0.25) is 0 Å². The molecule has 0 spiro atoms. The van der Waals surface area contributed by atoms with Crippen LogP contribution in [0.2, 0.25) is 0 Å². The van der Waals surface area contributed by atoms with Gasteiger partial charge in [-0.25, -0.2) is 19.6 Å². The van der Waals surface area contributed by atoms with Crippen LogP contribution < -0.4 is 4.90 Å². The number of carbonyl (C=O) groups is 2. The molecule has 0 bridgehead atoms. The maximum absolute atomic E-state index is 12.7. The van der Waals surface area contributed by atoms with Crippen LogP contribution in [0.1, 0.15) is 62.5 Å². The molecule has 192 valence electrons. The fourth-order valence-electron chi connectivity index (χ4n) is 4.99. The van der Waals surface area contributed by atoms with Crippen LogP contribution in [0, 0.1) is 0 Å². The third kappa shape index (κ3) is 4.29. The van der Waals surface area contributed by atoms with Crippen molar-refractivity contribution in [1.82, 2.24) is 24.0 Å². The highest BCUT2D eigenvalue weighted by atomic mass is 16.6. The second-order valence-electron chi connectivity index (χ2n) is 10.7. The predicted octanol–water partition coefficient (Wildman–Crippen LogP) is 3.87. The number of amides is 1. The summed E-state index contributed by atoms with van der Waals surface area (Å²) in [4.78, 5) is 38.3. The van der Waals surface area contributed by atoms with E-state index in [4.69, 9.17) is 14.5 Å². The summed E-state index contributed by atoms with van der Waals surface area (Å²) in [5.74, 6) is 1.81. The van der Waals surface area contributed by atoms with E-state index in [1.54, 1.807) is 17.3 Å². The number of ether oxygens (including phenoxy) is 2. The average molecular weight is 495 g/mol. The zero-order valence-corrected chi connectivity index (χ0v) is 21.8. The molecular formula is C26H34N6O4. The van der Waals surface area contributed by atoms with Gasteiger partial charge in [0.25, 0.3) is 0 Å². The van der Waals surface area contributed by atoms with E-state index >= 15 is 0 Å². The van der Waals surface area contributed by atoms with E-state index in [1.807, 2.05) is 43.0 Å².